The average molecular weight is 554 g/mol. The van der Waals surface area contributed by atoms with Gasteiger partial charge in [0.2, 0.25) is 5.91 Å². The van der Waals surface area contributed by atoms with Crippen molar-refractivity contribution in [1.82, 2.24) is 20.2 Å². The number of aryl methyl sites for hydroxylation is 1. The van der Waals surface area contributed by atoms with E-state index in [0.717, 1.165) is 11.1 Å². The third kappa shape index (κ3) is 8.20. The van der Waals surface area contributed by atoms with Gasteiger partial charge in [0, 0.05) is 24.3 Å². The molecule has 3 N–H and O–H groups in total. The molecule has 40 heavy (non-hydrogen) atoms. The van der Waals surface area contributed by atoms with Crippen LogP contribution in [-0.2, 0) is 17.8 Å². The Labute approximate surface area is 234 Å². The van der Waals surface area contributed by atoms with Crippen molar-refractivity contribution in [2.75, 3.05) is 6.54 Å². The number of hydrogen-bond donors (Lipinski definition) is 3. The summed E-state index contributed by atoms with van der Waals surface area (Å²) < 4.78 is 15.3. The summed E-state index contributed by atoms with van der Waals surface area (Å²) in [5, 5.41) is 40.2. The first-order chi connectivity index (χ1) is 19.0. The van der Waals surface area contributed by atoms with Gasteiger partial charge in [-0.3, -0.25) is 9.59 Å². The van der Waals surface area contributed by atoms with Crippen LogP contribution < -0.4 is 5.32 Å². The van der Waals surface area contributed by atoms with E-state index in [4.69, 9.17) is 0 Å². The zero-order chi connectivity index (χ0) is 29.4. The summed E-state index contributed by atoms with van der Waals surface area (Å²) in [7, 11) is 0. The lowest BCUT2D eigenvalue weighted by atomic mass is 9.95. The molecule has 0 aliphatic rings. The number of amides is 2. The van der Waals surface area contributed by atoms with Crippen LogP contribution in [-0.4, -0.2) is 55.6 Å². The number of hydroxylamine groups is 2. The first kappa shape index (κ1) is 30.9. The number of hydrogen-bond acceptors (Lipinski definition) is 6. The summed E-state index contributed by atoms with van der Waals surface area (Å²) in [6.45, 7) is 7.72. The second-order valence-corrected chi connectivity index (χ2v) is 10.3. The summed E-state index contributed by atoms with van der Waals surface area (Å²) in [6, 6.07) is 13.6. The van der Waals surface area contributed by atoms with Crippen molar-refractivity contribution in [1.29, 1.82) is 0 Å². The molecule has 1 heterocycles. The lowest BCUT2D eigenvalue weighted by molar-refractivity contribution is -0.130. The van der Waals surface area contributed by atoms with Crippen LogP contribution in [0.25, 0.3) is 5.69 Å². The maximum atomic E-state index is 13.7. The van der Waals surface area contributed by atoms with E-state index in [1.54, 1.807) is 23.7 Å². The van der Waals surface area contributed by atoms with E-state index in [1.165, 1.54) is 12.1 Å². The number of aliphatic hydroxyl groups is 2. The minimum absolute atomic E-state index is 0.0135. The Kier molecular flexibility index (Phi) is 10.9. The molecule has 0 aliphatic carbocycles. The molecule has 0 aliphatic heterocycles. The number of rotatable bonds is 13. The Hall–Kier alpha value is -3.60. The number of aliphatic hydroxyl groups excluding tert-OH is 2. The maximum absolute atomic E-state index is 13.7. The quantitative estimate of drug-likeness (QED) is 0.273. The van der Waals surface area contributed by atoms with Gasteiger partial charge in [0.25, 0.3) is 5.91 Å². The number of aromatic nitrogens is 2. The molecule has 0 fully saturated rings. The molecule has 0 saturated heterocycles. The van der Waals surface area contributed by atoms with Crippen molar-refractivity contribution >= 4 is 11.8 Å². The lowest BCUT2D eigenvalue weighted by Gasteiger charge is -2.27. The molecular formula is C30H38FN4O5-. The van der Waals surface area contributed by atoms with Crippen LogP contribution in [0.2, 0.25) is 0 Å². The molecule has 0 bridgehead atoms. The standard InChI is InChI=1S/C30H38FN4O5/c1-5-34(40)27(38)17-25(37)16-24(36)13-14-26-28(19(2)3)29(33-35(26)23-11-9-22(31)10-12-23)30(39)32-18-21-8-6-7-20(4)15-21/h6-12,15,19,24-25,36-37H,5,13-14,16-18H2,1-4H3,(H,32,39)/q-1/t24-,25-/m1/s1. The molecule has 2 aromatic carbocycles. The Bertz CT molecular complexity index is 1290. The largest absolute Gasteiger partial charge is 0.756 e. The predicted molar refractivity (Wildman–Crippen MR) is 150 cm³/mol. The highest BCUT2D eigenvalue weighted by Gasteiger charge is 2.26. The summed E-state index contributed by atoms with van der Waals surface area (Å²) >= 11 is 0. The number of carbonyl (C=O) groups is 2. The van der Waals surface area contributed by atoms with Gasteiger partial charge in [-0.1, -0.05) is 43.7 Å². The van der Waals surface area contributed by atoms with Crippen molar-refractivity contribution in [3.63, 3.8) is 0 Å². The zero-order valence-electron chi connectivity index (χ0n) is 23.4. The average Bonchev–Trinajstić information content (AvgIpc) is 3.30. The molecule has 2 amide bonds. The van der Waals surface area contributed by atoms with Crippen LogP contribution in [0.5, 0.6) is 0 Å². The van der Waals surface area contributed by atoms with Gasteiger partial charge in [-0.25, -0.2) is 9.07 Å². The Balaban J connectivity index is 1.85. The third-order valence-electron chi connectivity index (χ3n) is 6.66. The topological polar surface area (TPSA) is 131 Å². The second kappa shape index (κ2) is 14.2. The van der Waals surface area contributed by atoms with E-state index in [9.17, 15) is 29.4 Å². The Morgan fingerprint density at radius 3 is 2.45 bits per heavy atom. The van der Waals surface area contributed by atoms with E-state index in [2.05, 4.69) is 10.4 Å². The zero-order valence-corrected chi connectivity index (χ0v) is 23.4. The van der Waals surface area contributed by atoms with Crippen molar-refractivity contribution < 1.29 is 24.2 Å². The van der Waals surface area contributed by atoms with E-state index in [0.29, 0.717) is 29.9 Å². The van der Waals surface area contributed by atoms with Crippen LogP contribution in [0.1, 0.15) is 78.8 Å². The molecule has 10 heteroatoms. The Morgan fingerprint density at radius 2 is 1.82 bits per heavy atom. The SMILES string of the molecule is CCN([O-])C(=O)C[C@H](O)C[C@H](O)CCc1c(C(C)C)c(C(=O)NCc2cccc(C)c2)nn1-c1ccc(F)cc1. The third-order valence-corrected chi connectivity index (χ3v) is 6.66. The number of nitrogens with zero attached hydrogens (tertiary/aromatic N) is 3. The number of carbonyl (C=O) groups excluding carboxylic acids is 2. The molecule has 1 aromatic heterocycles. The van der Waals surface area contributed by atoms with E-state index >= 15 is 0 Å². The molecule has 3 aromatic rings. The molecule has 0 radical (unpaired) electrons. The molecular weight excluding hydrogens is 515 g/mol. The number of benzene rings is 2. The van der Waals surface area contributed by atoms with Crippen LogP contribution in [0, 0.1) is 17.9 Å². The number of nitrogens with one attached hydrogen (secondary N) is 1. The van der Waals surface area contributed by atoms with Crippen LogP contribution in [0.3, 0.4) is 0 Å². The minimum Gasteiger partial charge on any atom is -0.756 e. The van der Waals surface area contributed by atoms with Crippen LogP contribution in [0.15, 0.2) is 48.5 Å². The molecule has 2 atom stereocenters. The fourth-order valence-electron chi connectivity index (χ4n) is 4.66. The van der Waals surface area contributed by atoms with Gasteiger partial charge in [-0.05, 0) is 68.9 Å². The summed E-state index contributed by atoms with van der Waals surface area (Å²) in [6.07, 6.45) is -2.09. The van der Waals surface area contributed by atoms with Gasteiger partial charge in [0.15, 0.2) is 5.69 Å². The Morgan fingerprint density at radius 1 is 1.12 bits per heavy atom. The fourth-order valence-corrected chi connectivity index (χ4v) is 4.66. The van der Waals surface area contributed by atoms with Gasteiger partial charge >= 0.3 is 0 Å². The predicted octanol–water partition coefficient (Wildman–Crippen LogP) is 4.15. The van der Waals surface area contributed by atoms with Crippen molar-refractivity contribution in [3.05, 3.63) is 87.6 Å². The molecule has 3 rings (SSSR count). The summed E-state index contributed by atoms with van der Waals surface area (Å²) in [5.41, 5.74) is 4.24. The van der Waals surface area contributed by atoms with Crippen LogP contribution in [0.4, 0.5) is 4.39 Å². The van der Waals surface area contributed by atoms with Crippen LogP contribution >= 0.6 is 0 Å². The maximum Gasteiger partial charge on any atom is 0.272 e. The molecule has 216 valence electrons. The van der Waals surface area contributed by atoms with Crippen molar-refractivity contribution in [2.24, 2.45) is 0 Å². The summed E-state index contributed by atoms with van der Waals surface area (Å²) in [4.78, 5) is 25.2. The highest BCUT2D eigenvalue weighted by atomic mass is 19.1. The van der Waals surface area contributed by atoms with E-state index < -0.39 is 23.9 Å². The summed E-state index contributed by atoms with van der Waals surface area (Å²) in [5.74, 6) is -1.59. The smallest absolute Gasteiger partial charge is 0.272 e. The molecule has 0 saturated carbocycles. The van der Waals surface area contributed by atoms with E-state index in [-0.39, 0.29) is 48.4 Å². The lowest BCUT2D eigenvalue weighted by Crippen LogP contribution is -2.30. The first-order valence-corrected chi connectivity index (χ1v) is 13.5. The van der Waals surface area contributed by atoms with Gasteiger partial charge in [0.1, 0.15) is 5.82 Å². The molecule has 0 unspecified atom stereocenters. The van der Waals surface area contributed by atoms with Crippen molar-refractivity contribution in [2.45, 2.75) is 78.0 Å². The monoisotopic (exact) mass is 553 g/mol. The van der Waals surface area contributed by atoms with Gasteiger partial charge < -0.3 is 25.8 Å². The minimum atomic E-state index is -1.17. The van der Waals surface area contributed by atoms with Gasteiger partial charge in [-0.2, -0.15) is 5.10 Å². The number of halogens is 1. The molecule has 0 spiro atoms. The van der Waals surface area contributed by atoms with Gasteiger partial charge in [0.05, 0.1) is 24.3 Å². The second-order valence-electron chi connectivity index (χ2n) is 10.3. The highest BCUT2D eigenvalue weighted by Crippen LogP contribution is 2.28. The normalized spacial score (nSPS) is 12.8. The first-order valence-electron chi connectivity index (χ1n) is 13.5. The molecule has 9 nitrogen and oxygen atoms in total. The van der Waals surface area contributed by atoms with Gasteiger partial charge in [-0.15, -0.1) is 0 Å². The fraction of sp³-hybridized carbons (Fsp3) is 0.433. The van der Waals surface area contributed by atoms with E-state index in [1.807, 2.05) is 45.0 Å². The van der Waals surface area contributed by atoms with Crippen molar-refractivity contribution in [3.8, 4) is 5.69 Å². The highest BCUT2D eigenvalue weighted by molar-refractivity contribution is 5.94.